The minimum Gasteiger partial charge on any atom is -0.497 e. The summed E-state index contributed by atoms with van der Waals surface area (Å²) in [5, 5.41) is 2.98. The lowest BCUT2D eigenvalue weighted by molar-refractivity contribution is -0.141. The highest BCUT2D eigenvalue weighted by Crippen LogP contribution is 2.17. The minimum absolute atomic E-state index is 0.0262. The maximum atomic E-state index is 12.6. The van der Waals surface area contributed by atoms with Crippen LogP contribution >= 0.6 is 0 Å². The Kier molecular flexibility index (Phi) is 7.26. The molecule has 0 aliphatic heterocycles. The summed E-state index contributed by atoms with van der Waals surface area (Å²) in [5.41, 5.74) is 0.644. The van der Waals surface area contributed by atoms with Crippen LogP contribution in [-0.2, 0) is 16.1 Å². The second-order valence-electron chi connectivity index (χ2n) is 6.89. The van der Waals surface area contributed by atoms with Crippen molar-refractivity contribution in [3.05, 3.63) is 29.8 Å². The highest BCUT2D eigenvalue weighted by Gasteiger charge is 2.29. The number of carbonyl (C=O) groups excluding carboxylic acids is 2. The predicted molar refractivity (Wildman–Crippen MR) is 95.8 cm³/mol. The topological polar surface area (TPSA) is 58.6 Å². The first-order valence-corrected chi connectivity index (χ1v) is 8.46. The number of benzene rings is 1. The zero-order valence-corrected chi connectivity index (χ0v) is 15.7. The van der Waals surface area contributed by atoms with E-state index in [0.29, 0.717) is 19.4 Å². The molecule has 24 heavy (non-hydrogen) atoms. The van der Waals surface area contributed by atoms with E-state index in [0.717, 1.165) is 11.3 Å². The first-order valence-electron chi connectivity index (χ1n) is 8.46. The second kappa shape index (κ2) is 8.71. The maximum Gasteiger partial charge on any atom is 0.243 e. The molecule has 0 radical (unpaired) electrons. The normalized spacial score (nSPS) is 12.4. The number of amides is 2. The van der Waals surface area contributed by atoms with Crippen molar-refractivity contribution in [2.75, 3.05) is 7.11 Å². The van der Waals surface area contributed by atoms with Gasteiger partial charge < -0.3 is 15.0 Å². The molecule has 134 valence electrons. The zero-order chi connectivity index (χ0) is 18.3. The molecule has 0 bridgehead atoms. The molecule has 0 saturated heterocycles. The van der Waals surface area contributed by atoms with E-state index in [1.165, 1.54) is 0 Å². The van der Waals surface area contributed by atoms with E-state index in [9.17, 15) is 9.59 Å². The lowest BCUT2D eigenvalue weighted by Crippen LogP contribution is -2.53. The van der Waals surface area contributed by atoms with Gasteiger partial charge in [-0.05, 0) is 44.9 Å². The molecule has 0 spiro atoms. The van der Waals surface area contributed by atoms with Crippen LogP contribution in [0.3, 0.4) is 0 Å². The summed E-state index contributed by atoms with van der Waals surface area (Å²) in [4.78, 5) is 26.7. The summed E-state index contributed by atoms with van der Waals surface area (Å²) < 4.78 is 5.16. The van der Waals surface area contributed by atoms with Crippen LogP contribution in [0.4, 0.5) is 0 Å². The van der Waals surface area contributed by atoms with Gasteiger partial charge >= 0.3 is 0 Å². The number of ether oxygens (including phenoxy) is 1. The highest BCUT2D eigenvalue weighted by atomic mass is 16.5. The van der Waals surface area contributed by atoms with Gasteiger partial charge in [0.1, 0.15) is 11.8 Å². The zero-order valence-electron chi connectivity index (χ0n) is 15.7. The van der Waals surface area contributed by atoms with Gasteiger partial charge in [-0.15, -0.1) is 0 Å². The third kappa shape index (κ3) is 5.87. The number of nitrogens with one attached hydrogen (secondary N) is 1. The van der Waals surface area contributed by atoms with E-state index in [4.69, 9.17) is 4.74 Å². The number of hydrogen-bond donors (Lipinski definition) is 1. The molecule has 5 heteroatoms. The number of methoxy groups -OCH3 is 1. The van der Waals surface area contributed by atoms with Crippen LogP contribution in [0, 0.1) is 0 Å². The summed E-state index contributed by atoms with van der Waals surface area (Å²) in [6, 6.07) is 7.09. The van der Waals surface area contributed by atoms with Crippen LogP contribution in [0.15, 0.2) is 24.3 Å². The Labute approximate surface area is 145 Å². The van der Waals surface area contributed by atoms with E-state index in [1.54, 1.807) is 12.0 Å². The lowest BCUT2D eigenvalue weighted by Gasteiger charge is -2.33. The number of nitrogens with zero attached hydrogens (tertiary/aromatic N) is 1. The molecular weight excluding hydrogens is 304 g/mol. The van der Waals surface area contributed by atoms with Crippen LogP contribution in [-0.4, -0.2) is 35.4 Å². The van der Waals surface area contributed by atoms with Crippen LogP contribution in [0.2, 0.25) is 0 Å². The van der Waals surface area contributed by atoms with Gasteiger partial charge in [0, 0.05) is 18.5 Å². The van der Waals surface area contributed by atoms with Crippen molar-refractivity contribution in [3.63, 3.8) is 0 Å². The van der Waals surface area contributed by atoms with E-state index in [-0.39, 0.29) is 17.4 Å². The third-order valence-corrected chi connectivity index (χ3v) is 3.70. The van der Waals surface area contributed by atoms with Gasteiger partial charge in [-0.2, -0.15) is 0 Å². The minimum atomic E-state index is -0.473. The number of hydrogen-bond acceptors (Lipinski definition) is 3. The van der Waals surface area contributed by atoms with Crippen LogP contribution in [0.1, 0.15) is 53.0 Å². The number of rotatable bonds is 7. The smallest absolute Gasteiger partial charge is 0.243 e. The standard InChI is InChI=1S/C19H30N2O3/c1-7-16(18(23)20-19(3,4)5)21(17(22)8-2)13-14-9-11-15(24-6)12-10-14/h9-12,16H,7-8,13H2,1-6H3,(H,20,23)/t16-/m0/s1. The average molecular weight is 334 g/mol. The molecule has 1 atom stereocenters. The Hall–Kier alpha value is -2.04. The molecule has 5 nitrogen and oxygen atoms in total. The molecule has 0 aliphatic carbocycles. The maximum absolute atomic E-state index is 12.6. The van der Waals surface area contributed by atoms with Crippen LogP contribution in [0.25, 0.3) is 0 Å². The summed E-state index contributed by atoms with van der Waals surface area (Å²) in [6.07, 6.45) is 0.944. The molecule has 1 N–H and O–H groups in total. The first-order chi connectivity index (χ1) is 11.2. The summed E-state index contributed by atoms with van der Waals surface area (Å²) in [5.74, 6) is 0.631. The molecule has 2 amide bonds. The van der Waals surface area contributed by atoms with Crippen molar-refractivity contribution < 1.29 is 14.3 Å². The van der Waals surface area contributed by atoms with Gasteiger partial charge in [-0.25, -0.2) is 0 Å². The van der Waals surface area contributed by atoms with Crippen LogP contribution in [0.5, 0.6) is 5.75 Å². The van der Waals surface area contributed by atoms with Gasteiger partial charge in [0.15, 0.2) is 0 Å². The van der Waals surface area contributed by atoms with Crippen molar-refractivity contribution in [3.8, 4) is 5.75 Å². The summed E-state index contributed by atoms with van der Waals surface area (Å²) in [6.45, 7) is 9.97. The Morgan fingerprint density at radius 3 is 2.17 bits per heavy atom. The first kappa shape index (κ1) is 20.0. The quantitative estimate of drug-likeness (QED) is 0.833. The van der Waals surface area contributed by atoms with E-state index < -0.39 is 6.04 Å². The molecule has 0 saturated carbocycles. The number of carbonyl (C=O) groups is 2. The average Bonchev–Trinajstić information content (AvgIpc) is 2.52. The van der Waals surface area contributed by atoms with Crippen molar-refractivity contribution in [2.45, 2.75) is 65.6 Å². The largest absolute Gasteiger partial charge is 0.497 e. The van der Waals surface area contributed by atoms with Crippen LogP contribution < -0.4 is 10.1 Å². The summed E-state index contributed by atoms with van der Waals surface area (Å²) >= 11 is 0. The van der Waals surface area contributed by atoms with Crippen molar-refractivity contribution in [2.24, 2.45) is 0 Å². The SMILES string of the molecule is CCC(=O)N(Cc1ccc(OC)cc1)[C@@H](CC)C(=O)NC(C)(C)C. The Morgan fingerprint density at radius 1 is 1.17 bits per heavy atom. The van der Waals surface area contributed by atoms with Gasteiger partial charge in [0.2, 0.25) is 11.8 Å². The van der Waals surface area contributed by atoms with Gasteiger partial charge in [-0.1, -0.05) is 26.0 Å². The molecule has 0 aromatic heterocycles. The molecule has 0 aliphatic rings. The van der Waals surface area contributed by atoms with Crippen molar-refractivity contribution in [1.29, 1.82) is 0 Å². The molecule has 0 fully saturated rings. The fraction of sp³-hybridized carbons (Fsp3) is 0.579. The molecular formula is C19H30N2O3. The van der Waals surface area contributed by atoms with E-state index >= 15 is 0 Å². The molecule has 1 rings (SSSR count). The van der Waals surface area contributed by atoms with Gasteiger partial charge in [0.25, 0.3) is 0 Å². The fourth-order valence-electron chi connectivity index (χ4n) is 2.50. The Morgan fingerprint density at radius 2 is 1.75 bits per heavy atom. The van der Waals surface area contributed by atoms with Crippen molar-refractivity contribution in [1.82, 2.24) is 10.2 Å². The summed E-state index contributed by atoms with van der Waals surface area (Å²) in [7, 11) is 1.62. The third-order valence-electron chi connectivity index (χ3n) is 3.70. The fourth-order valence-corrected chi connectivity index (χ4v) is 2.50. The Bertz CT molecular complexity index is 547. The van der Waals surface area contributed by atoms with Gasteiger partial charge in [-0.3, -0.25) is 9.59 Å². The molecule has 1 aromatic carbocycles. The molecule has 1 aromatic rings. The Balaban J connectivity index is 3.00. The molecule has 0 heterocycles. The van der Waals surface area contributed by atoms with E-state index in [2.05, 4.69) is 5.32 Å². The van der Waals surface area contributed by atoms with Gasteiger partial charge in [0.05, 0.1) is 7.11 Å². The van der Waals surface area contributed by atoms with E-state index in [1.807, 2.05) is 58.9 Å². The second-order valence-corrected chi connectivity index (χ2v) is 6.89. The molecule has 0 unspecified atom stereocenters. The van der Waals surface area contributed by atoms with Crippen molar-refractivity contribution >= 4 is 11.8 Å². The lowest BCUT2D eigenvalue weighted by atomic mass is 10.1. The predicted octanol–water partition coefficient (Wildman–Crippen LogP) is 3.13. The highest BCUT2D eigenvalue weighted by molar-refractivity contribution is 5.87. The monoisotopic (exact) mass is 334 g/mol.